The molecule has 0 spiro atoms. The molecule has 104 valence electrons. The van der Waals surface area contributed by atoms with E-state index in [9.17, 15) is 0 Å². The summed E-state index contributed by atoms with van der Waals surface area (Å²) in [7, 11) is 1.90. The van der Waals surface area contributed by atoms with Gasteiger partial charge in [0.05, 0.1) is 28.6 Å². The quantitative estimate of drug-likeness (QED) is 0.642. The molecule has 1 unspecified atom stereocenters. The van der Waals surface area contributed by atoms with Gasteiger partial charge in [0.25, 0.3) is 0 Å². The first kappa shape index (κ1) is 14.0. The van der Waals surface area contributed by atoms with E-state index in [1.807, 2.05) is 24.9 Å². The van der Waals surface area contributed by atoms with E-state index < -0.39 is 0 Å². The topological polar surface area (TPSA) is 73.7 Å². The van der Waals surface area contributed by atoms with Crippen molar-refractivity contribution in [3.63, 3.8) is 0 Å². The first-order chi connectivity index (χ1) is 9.12. The second kappa shape index (κ2) is 5.73. The van der Waals surface area contributed by atoms with Crippen LogP contribution >= 0.6 is 11.6 Å². The number of hydrogen-bond acceptors (Lipinski definition) is 4. The van der Waals surface area contributed by atoms with Gasteiger partial charge in [-0.25, -0.2) is 5.43 Å². The van der Waals surface area contributed by atoms with Gasteiger partial charge in [0.2, 0.25) is 0 Å². The van der Waals surface area contributed by atoms with Crippen molar-refractivity contribution in [3.05, 3.63) is 34.4 Å². The molecule has 1 atom stereocenters. The van der Waals surface area contributed by atoms with E-state index >= 15 is 0 Å². The monoisotopic (exact) mass is 282 g/mol. The van der Waals surface area contributed by atoms with Crippen molar-refractivity contribution in [2.24, 2.45) is 12.9 Å². The van der Waals surface area contributed by atoms with Crippen LogP contribution in [-0.4, -0.2) is 19.6 Å². The molecule has 0 aliphatic heterocycles. The zero-order valence-corrected chi connectivity index (χ0v) is 12.1. The molecule has 7 heteroatoms. The van der Waals surface area contributed by atoms with E-state index in [1.165, 1.54) is 0 Å². The van der Waals surface area contributed by atoms with Gasteiger partial charge in [-0.2, -0.15) is 10.2 Å². The Morgan fingerprint density at radius 1 is 1.47 bits per heavy atom. The van der Waals surface area contributed by atoms with Crippen LogP contribution in [0.3, 0.4) is 0 Å². The standard InChI is InChI=1S/C12H19ClN6/c1-4-10-8(7-18(3)17-10)11(16-14)12-9(13)6-15-19(12)5-2/h6-7,11,16H,4-5,14H2,1-3H3. The zero-order chi connectivity index (χ0) is 14.0. The lowest BCUT2D eigenvalue weighted by Gasteiger charge is -2.17. The van der Waals surface area contributed by atoms with Gasteiger partial charge in [-0.1, -0.05) is 18.5 Å². The first-order valence-electron chi connectivity index (χ1n) is 6.32. The van der Waals surface area contributed by atoms with Crippen LogP contribution in [0.1, 0.15) is 36.8 Å². The molecule has 0 amide bonds. The van der Waals surface area contributed by atoms with Crippen molar-refractivity contribution in [1.82, 2.24) is 25.0 Å². The lowest BCUT2D eigenvalue weighted by Crippen LogP contribution is -2.31. The fraction of sp³-hybridized carbons (Fsp3) is 0.500. The summed E-state index contributed by atoms with van der Waals surface area (Å²) in [5.74, 6) is 5.73. The number of hydrogen-bond donors (Lipinski definition) is 2. The third-order valence-corrected chi connectivity index (χ3v) is 3.45. The van der Waals surface area contributed by atoms with Crippen LogP contribution < -0.4 is 11.3 Å². The maximum Gasteiger partial charge on any atom is 0.0926 e. The van der Waals surface area contributed by atoms with E-state index in [4.69, 9.17) is 17.4 Å². The Morgan fingerprint density at radius 2 is 2.21 bits per heavy atom. The molecule has 19 heavy (non-hydrogen) atoms. The zero-order valence-electron chi connectivity index (χ0n) is 11.4. The molecule has 0 saturated carbocycles. The van der Waals surface area contributed by atoms with Crippen LogP contribution in [0.4, 0.5) is 0 Å². The molecule has 0 aliphatic rings. The molecule has 2 aromatic heterocycles. The van der Waals surface area contributed by atoms with Crippen molar-refractivity contribution >= 4 is 11.6 Å². The summed E-state index contributed by atoms with van der Waals surface area (Å²) in [6.07, 6.45) is 4.45. The van der Waals surface area contributed by atoms with Gasteiger partial charge in [-0.05, 0) is 13.3 Å². The Hall–Kier alpha value is -1.37. The predicted molar refractivity (Wildman–Crippen MR) is 74.7 cm³/mol. The van der Waals surface area contributed by atoms with Gasteiger partial charge in [-0.3, -0.25) is 15.2 Å². The fourth-order valence-electron chi connectivity index (χ4n) is 2.30. The van der Waals surface area contributed by atoms with Gasteiger partial charge in [0.15, 0.2) is 0 Å². The Labute approximate surface area is 117 Å². The third-order valence-electron chi connectivity index (χ3n) is 3.16. The highest BCUT2D eigenvalue weighted by atomic mass is 35.5. The second-order valence-electron chi connectivity index (χ2n) is 4.35. The number of aromatic nitrogens is 4. The number of hydrazine groups is 1. The molecule has 0 aliphatic carbocycles. The summed E-state index contributed by atoms with van der Waals surface area (Å²) in [5, 5.41) is 9.30. The van der Waals surface area contributed by atoms with Crippen molar-refractivity contribution in [3.8, 4) is 0 Å². The molecule has 0 radical (unpaired) electrons. The molecule has 0 bridgehead atoms. The van der Waals surface area contributed by atoms with Gasteiger partial charge >= 0.3 is 0 Å². The van der Waals surface area contributed by atoms with Crippen LogP contribution in [0.25, 0.3) is 0 Å². The Bertz CT molecular complexity index is 559. The van der Waals surface area contributed by atoms with Gasteiger partial charge in [-0.15, -0.1) is 0 Å². The Morgan fingerprint density at radius 3 is 2.79 bits per heavy atom. The molecule has 6 nitrogen and oxygen atoms in total. The highest BCUT2D eigenvalue weighted by Gasteiger charge is 2.24. The highest BCUT2D eigenvalue weighted by molar-refractivity contribution is 6.31. The van der Waals surface area contributed by atoms with Gasteiger partial charge in [0.1, 0.15) is 0 Å². The van der Waals surface area contributed by atoms with Gasteiger partial charge < -0.3 is 0 Å². The minimum absolute atomic E-state index is 0.210. The Balaban J connectivity index is 2.52. The molecule has 0 aromatic carbocycles. The van der Waals surface area contributed by atoms with E-state index in [-0.39, 0.29) is 6.04 Å². The van der Waals surface area contributed by atoms with E-state index in [2.05, 4.69) is 22.5 Å². The van der Waals surface area contributed by atoms with Crippen molar-refractivity contribution < 1.29 is 0 Å². The molecule has 2 aromatic rings. The molecule has 2 heterocycles. The highest BCUT2D eigenvalue weighted by Crippen LogP contribution is 2.29. The van der Waals surface area contributed by atoms with E-state index in [1.54, 1.807) is 10.9 Å². The number of nitrogens with two attached hydrogens (primary N) is 1. The second-order valence-corrected chi connectivity index (χ2v) is 4.76. The summed E-state index contributed by atoms with van der Waals surface area (Å²) >= 11 is 6.24. The van der Waals surface area contributed by atoms with Crippen LogP contribution in [0, 0.1) is 0 Å². The maximum atomic E-state index is 6.24. The van der Waals surface area contributed by atoms with E-state index in [0.29, 0.717) is 5.02 Å². The molecular formula is C12H19ClN6. The van der Waals surface area contributed by atoms with Crippen LogP contribution in [-0.2, 0) is 20.0 Å². The molecule has 3 N–H and O–H groups in total. The predicted octanol–water partition coefficient (Wildman–Crippen LogP) is 1.41. The minimum atomic E-state index is -0.210. The average Bonchev–Trinajstić information content (AvgIpc) is 2.95. The average molecular weight is 283 g/mol. The summed E-state index contributed by atoms with van der Waals surface area (Å²) < 4.78 is 3.64. The van der Waals surface area contributed by atoms with Crippen LogP contribution in [0.5, 0.6) is 0 Å². The molecule has 0 fully saturated rings. The molecule has 2 rings (SSSR count). The largest absolute Gasteiger partial charge is 0.275 e. The molecular weight excluding hydrogens is 264 g/mol. The Kier molecular flexibility index (Phi) is 4.24. The summed E-state index contributed by atoms with van der Waals surface area (Å²) in [4.78, 5) is 0. The first-order valence-corrected chi connectivity index (χ1v) is 6.69. The van der Waals surface area contributed by atoms with E-state index in [0.717, 1.165) is 29.9 Å². The third kappa shape index (κ3) is 2.51. The number of halogens is 1. The lowest BCUT2D eigenvalue weighted by atomic mass is 10.0. The lowest BCUT2D eigenvalue weighted by molar-refractivity contribution is 0.541. The molecule has 0 saturated heterocycles. The van der Waals surface area contributed by atoms with Crippen LogP contribution in [0.2, 0.25) is 5.02 Å². The number of rotatable bonds is 5. The fourth-order valence-corrected chi connectivity index (χ4v) is 2.55. The SMILES string of the molecule is CCc1nn(C)cc1C(NN)c1c(Cl)cnn1CC. The van der Waals surface area contributed by atoms with Crippen LogP contribution in [0.15, 0.2) is 12.4 Å². The number of aryl methyl sites for hydroxylation is 3. The maximum absolute atomic E-state index is 6.24. The summed E-state index contributed by atoms with van der Waals surface area (Å²) in [6, 6.07) is -0.210. The van der Waals surface area contributed by atoms with Gasteiger partial charge in [0, 0.05) is 25.4 Å². The number of nitrogens with one attached hydrogen (secondary N) is 1. The minimum Gasteiger partial charge on any atom is -0.275 e. The van der Waals surface area contributed by atoms with Crippen molar-refractivity contribution in [1.29, 1.82) is 0 Å². The summed E-state index contributed by atoms with van der Waals surface area (Å²) in [6.45, 7) is 4.82. The van der Waals surface area contributed by atoms with Crippen molar-refractivity contribution in [2.45, 2.75) is 32.9 Å². The van der Waals surface area contributed by atoms with Crippen molar-refractivity contribution in [2.75, 3.05) is 0 Å². The summed E-state index contributed by atoms with van der Waals surface area (Å²) in [5.41, 5.74) is 5.73. The normalized spacial score (nSPS) is 12.9. The smallest absolute Gasteiger partial charge is 0.0926 e. The number of nitrogens with zero attached hydrogens (tertiary/aromatic N) is 4.